The molecule has 0 saturated carbocycles. The molecular weight excluding hydrogens is 318 g/mol. The van der Waals surface area contributed by atoms with E-state index in [1.54, 1.807) is 7.11 Å². The second kappa shape index (κ2) is 7.79. The summed E-state index contributed by atoms with van der Waals surface area (Å²) in [4.78, 5) is 13.9. The Hall–Kier alpha value is -1.60. The summed E-state index contributed by atoms with van der Waals surface area (Å²) in [7, 11) is -1.77. The molecule has 0 aliphatic carbocycles. The molecule has 1 aliphatic heterocycles. The zero-order valence-corrected chi connectivity index (χ0v) is 14.3. The molecule has 1 aliphatic rings. The Labute approximate surface area is 137 Å². The molecule has 6 nitrogen and oxygen atoms in total. The van der Waals surface area contributed by atoms with Crippen LogP contribution in [0.4, 0.5) is 0 Å². The van der Waals surface area contributed by atoms with Crippen LogP contribution in [0.3, 0.4) is 0 Å². The van der Waals surface area contributed by atoms with E-state index in [1.807, 2.05) is 29.2 Å². The largest absolute Gasteiger partial charge is 0.497 e. The summed E-state index contributed by atoms with van der Waals surface area (Å²) in [5.74, 6) is 1.11. The van der Waals surface area contributed by atoms with E-state index in [9.17, 15) is 13.2 Å². The first-order chi connectivity index (χ1) is 10.9. The van der Waals surface area contributed by atoms with Gasteiger partial charge < -0.3 is 9.64 Å². The predicted octanol–water partition coefficient (Wildman–Crippen LogP) is 1.45. The maximum Gasteiger partial charge on any atom is 0.264 e. The van der Waals surface area contributed by atoms with Crippen molar-refractivity contribution in [1.29, 1.82) is 0 Å². The van der Waals surface area contributed by atoms with E-state index < -0.39 is 10.1 Å². The molecule has 23 heavy (non-hydrogen) atoms. The molecule has 1 heterocycles. The minimum Gasteiger partial charge on any atom is -0.497 e. The van der Waals surface area contributed by atoms with Crippen molar-refractivity contribution in [3.63, 3.8) is 0 Å². The monoisotopic (exact) mass is 341 g/mol. The first kappa shape index (κ1) is 17.7. The fraction of sp³-hybridized carbons (Fsp3) is 0.562. The van der Waals surface area contributed by atoms with Crippen molar-refractivity contribution in [2.24, 2.45) is 5.92 Å². The average Bonchev–Trinajstić information content (AvgIpc) is 2.84. The molecule has 1 aromatic rings. The predicted molar refractivity (Wildman–Crippen MR) is 86.8 cm³/mol. The minimum absolute atomic E-state index is 0.128. The molecule has 1 amide bonds. The lowest BCUT2D eigenvalue weighted by Gasteiger charge is -2.16. The Balaban J connectivity index is 1.76. The number of likely N-dealkylation sites (tertiary alicyclic amines) is 1. The summed E-state index contributed by atoms with van der Waals surface area (Å²) in [5.41, 5.74) is 1.16. The maximum atomic E-state index is 12.0. The highest BCUT2D eigenvalue weighted by Crippen LogP contribution is 2.22. The number of benzene rings is 1. The van der Waals surface area contributed by atoms with Gasteiger partial charge >= 0.3 is 0 Å². The third kappa shape index (κ3) is 5.84. The molecule has 0 bridgehead atoms. The van der Waals surface area contributed by atoms with E-state index in [0.717, 1.165) is 24.0 Å². The average molecular weight is 341 g/mol. The van der Waals surface area contributed by atoms with Crippen LogP contribution in [-0.4, -0.2) is 52.3 Å². The van der Waals surface area contributed by atoms with Crippen LogP contribution in [0, 0.1) is 5.92 Å². The molecule has 0 N–H and O–H groups in total. The molecule has 1 unspecified atom stereocenters. The summed E-state index contributed by atoms with van der Waals surface area (Å²) in [6, 6.07) is 7.81. The summed E-state index contributed by atoms with van der Waals surface area (Å²) in [5, 5.41) is 0. The minimum atomic E-state index is -3.40. The highest BCUT2D eigenvalue weighted by Gasteiger charge is 2.29. The van der Waals surface area contributed by atoms with Crippen LogP contribution in [0.25, 0.3) is 0 Å². The summed E-state index contributed by atoms with van der Waals surface area (Å²) < 4.78 is 31.7. The van der Waals surface area contributed by atoms with E-state index in [4.69, 9.17) is 8.92 Å². The van der Waals surface area contributed by atoms with Gasteiger partial charge in [-0.1, -0.05) is 12.1 Å². The maximum absolute atomic E-state index is 12.0. The second-order valence-electron chi connectivity index (χ2n) is 5.82. The lowest BCUT2D eigenvalue weighted by atomic mass is 10.1. The van der Waals surface area contributed by atoms with Crippen molar-refractivity contribution < 1.29 is 22.1 Å². The van der Waals surface area contributed by atoms with Crippen LogP contribution in [-0.2, 0) is 25.5 Å². The Morgan fingerprint density at radius 2 is 1.96 bits per heavy atom. The molecule has 0 radical (unpaired) electrons. The number of methoxy groups -OCH3 is 1. The number of amides is 1. The number of nitrogens with zero attached hydrogens (tertiary/aromatic N) is 1. The normalized spacial score (nSPS) is 18.4. The van der Waals surface area contributed by atoms with Gasteiger partial charge in [0.05, 0.1) is 20.0 Å². The number of hydrogen-bond donors (Lipinski definition) is 0. The number of hydrogen-bond acceptors (Lipinski definition) is 5. The van der Waals surface area contributed by atoms with Crippen LogP contribution in [0.5, 0.6) is 5.75 Å². The van der Waals surface area contributed by atoms with Gasteiger partial charge in [0, 0.05) is 19.5 Å². The van der Waals surface area contributed by atoms with Crippen molar-refractivity contribution >= 4 is 16.0 Å². The van der Waals surface area contributed by atoms with Crippen LogP contribution >= 0.6 is 0 Å². The highest BCUT2D eigenvalue weighted by molar-refractivity contribution is 7.85. The smallest absolute Gasteiger partial charge is 0.264 e. The summed E-state index contributed by atoms with van der Waals surface area (Å²) in [6.45, 7) is 1.49. The van der Waals surface area contributed by atoms with Gasteiger partial charge in [-0.25, -0.2) is 0 Å². The zero-order valence-electron chi connectivity index (χ0n) is 13.5. The van der Waals surface area contributed by atoms with Crippen molar-refractivity contribution in [2.75, 3.05) is 33.1 Å². The fourth-order valence-electron chi connectivity index (χ4n) is 2.69. The molecule has 7 heteroatoms. The Kier molecular flexibility index (Phi) is 6.01. The number of rotatable bonds is 8. The van der Waals surface area contributed by atoms with Gasteiger partial charge in [-0.2, -0.15) is 8.42 Å². The first-order valence-electron chi connectivity index (χ1n) is 7.62. The highest BCUT2D eigenvalue weighted by atomic mass is 32.2. The van der Waals surface area contributed by atoms with Crippen LogP contribution in [0.2, 0.25) is 0 Å². The molecule has 0 spiro atoms. The molecule has 1 fully saturated rings. The SMILES string of the molecule is COc1ccc(CCN2CC(CCOS(C)(=O)=O)CC2=O)cc1. The standard InChI is InChI=1S/C16H23NO5S/c1-21-15-5-3-13(4-6-15)7-9-17-12-14(11-16(17)18)8-10-22-23(2,19)20/h3-6,14H,7-12H2,1-2H3. The van der Waals surface area contributed by atoms with Gasteiger partial charge in [-0.05, 0) is 36.5 Å². The van der Waals surface area contributed by atoms with E-state index in [1.165, 1.54) is 0 Å². The van der Waals surface area contributed by atoms with Gasteiger partial charge in [0.25, 0.3) is 10.1 Å². The lowest BCUT2D eigenvalue weighted by Crippen LogP contribution is -2.27. The van der Waals surface area contributed by atoms with Gasteiger partial charge in [0.15, 0.2) is 0 Å². The molecular formula is C16H23NO5S. The number of ether oxygens (including phenoxy) is 1. The third-order valence-electron chi connectivity index (χ3n) is 3.95. The van der Waals surface area contributed by atoms with Crippen molar-refractivity contribution in [2.45, 2.75) is 19.3 Å². The second-order valence-corrected chi connectivity index (χ2v) is 7.47. The summed E-state index contributed by atoms with van der Waals surface area (Å²) in [6.07, 6.45) is 2.88. The fourth-order valence-corrected chi connectivity index (χ4v) is 3.08. The van der Waals surface area contributed by atoms with E-state index >= 15 is 0 Å². The van der Waals surface area contributed by atoms with Crippen LogP contribution in [0.15, 0.2) is 24.3 Å². The van der Waals surface area contributed by atoms with E-state index in [0.29, 0.717) is 25.9 Å². The Bertz CT molecular complexity index is 626. The third-order valence-corrected chi connectivity index (χ3v) is 4.54. The summed E-state index contributed by atoms with van der Waals surface area (Å²) >= 11 is 0. The molecule has 1 atom stereocenters. The topological polar surface area (TPSA) is 72.9 Å². The van der Waals surface area contributed by atoms with Crippen LogP contribution in [0.1, 0.15) is 18.4 Å². The molecule has 128 valence electrons. The molecule has 1 saturated heterocycles. The quantitative estimate of drug-likeness (QED) is 0.669. The molecule has 0 aromatic heterocycles. The van der Waals surface area contributed by atoms with E-state index in [-0.39, 0.29) is 18.4 Å². The van der Waals surface area contributed by atoms with Gasteiger partial charge in [-0.3, -0.25) is 8.98 Å². The molecule has 1 aromatic carbocycles. The first-order valence-corrected chi connectivity index (χ1v) is 9.44. The Morgan fingerprint density at radius 3 is 2.57 bits per heavy atom. The van der Waals surface area contributed by atoms with Crippen molar-refractivity contribution in [3.8, 4) is 5.75 Å². The lowest BCUT2D eigenvalue weighted by molar-refractivity contribution is -0.127. The van der Waals surface area contributed by atoms with Crippen LogP contribution < -0.4 is 4.74 Å². The van der Waals surface area contributed by atoms with Crippen molar-refractivity contribution in [1.82, 2.24) is 4.90 Å². The Morgan fingerprint density at radius 1 is 1.26 bits per heavy atom. The van der Waals surface area contributed by atoms with Gasteiger partial charge in [0.1, 0.15) is 5.75 Å². The van der Waals surface area contributed by atoms with Gasteiger partial charge in [0.2, 0.25) is 5.91 Å². The zero-order chi connectivity index (χ0) is 16.9. The van der Waals surface area contributed by atoms with Gasteiger partial charge in [-0.15, -0.1) is 0 Å². The number of carbonyl (C=O) groups excluding carboxylic acids is 1. The van der Waals surface area contributed by atoms with E-state index in [2.05, 4.69) is 0 Å². The number of carbonyl (C=O) groups is 1. The van der Waals surface area contributed by atoms with Crippen molar-refractivity contribution in [3.05, 3.63) is 29.8 Å². The molecule has 2 rings (SSSR count).